The number of hydrogen-bond donors (Lipinski definition) is 0. The van der Waals surface area contributed by atoms with Gasteiger partial charge in [0.25, 0.3) is 4.84 Å². The third-order valence-corrected chi connectivity index (χ3v) is 4.35. The van der Waals surface area contributed by atoms with Crippen LogP contribution in [0.4, 0.5) is 0 Å². The zero-order valence-electron chi connectivity index (χ0n) is 13.6. The van der Waals surface area contributed by atoms with Gasteiger partial charge in [-0.3, -0.25) is 4.90 Å². The lowest BCUT2D eigenvalue weighted by Gasteiger charge is -2.34. The van der Waals surface area contributed by atoms with Crippen LogP contribution in [0.25, 0.3) is 11.5 Å². The summed E-state index contributed by atoms with van der Waals surface area (Å²) in [5, 5.41) is 4.52. The number of nitrogens with zero attached hydrogens (tertiary/aromatic N) is 3. The molecule has 2 atom stereocenters. The molecule has 2 aliphatic heterocycles. The summed E-state index contributed by atoms with van der Waals surface area (Å²) in [6.45, 7) is 6.66. The molecule has 0 saturated carbocycles. The Morgan fingerprint density at radius 2 is 1.92 bits per heavy atom. The van der Waals surface area contributed by atoms with Gasteiger partial charge in [0.1, 0.15) is 0 Å². The van der Waals surface area contributed by atoms with E-state index >= 15 is 0 Å². The van der Waals surface area contributed by atoms with Crippen molar-refractivity contribution in [2.24, 2.45) is 0 Å². The zero-order chi connectivity index (χ0) is 16.7. The second kappa shape index (κ2) is 6.19. The Morgan fingerprint density at radius 3 is 2.71 bits per heavy atom. The highest BCUT2D eigenvalue weighted by atomic mass is 32.1. The van der Waals surface area contributed by atoms with Crippen molar-refractivity contribution >= 4 is 12.2 Å². The minimum atomic E-state index is 0.197. The molecule has 4 rings (SSSR count). The summed E-state index contributed by atoms with van der Waals surface area (Å²) in [6.07, 6.45) is 0.395. The molecule has 0 bridgehead atoms. The summed E-state index contributed by atoms with van der Waals surface area (Å²) in [5.41, 5.74) is 0.813. The highest BCUT2D eigenvalue weighted by Crippen LogP contribution is 2.35. The first-order valence-corrected chi connectivity index (χ1v) is 8.35. The molecule has 1 aromatic heterocycles. The molecular formula is C16H19N3O4S. The van der Waals surface area contributed by atoms with Crippen LogP contribution in [0.15, 0.2) is 22.6 Å². The summed E-state index contributed by atoms with van der Waals surface area (Å²) >= 11 is 5.32. The molecule has 2 aromatic rings. The molecule has 2 unspecified atom stereocenters. The van der Waals surface area contributed by atoms with E-state index in [-0.39, 0.29) is 19.0 Å². The maximum Gasteiger partial charge on any atom is 0.288 e. The standard InChI is InChI=1S/C16H19N3O4S/c1-10-6-18(7-11(2)22-10)8-19-16(24)23-15(17-19)12-3-4-13-14(5-12)21-9-20-13/h3-5,10-11H,6-9H2,1-2H3. The lowest BCUT2D eigenvalue weighted by molar-refractivity contribution is -0.0778. The van der Waals surface area contributed by atoms with E-state index in [4.69, 9.17) is 30.8 Å². The van der Waals surface area contributed by atoms with Gasteiger partial charge in [0, 0.05) is 18.7 Å². The van der Waals surface area contributed by atoms with Crippen LogP contribution in [0.1, 0.15) is 13.8 Å². The van der Waals surface area contributed by atoms with Crippen LogP contribution >= 0.6 is 12.2 Å². The fourth-order valence-electron chi connectivity index (χ4n) is 3.13. The number of hydrogen-bond acceptors (Lipinski definition) is 7. The van der Waals surface area contributed by atoms with Gasteiger partial charge in [-0.1, -0.05) is 0 Å². The quantitative estimate of drug-likeness (QED) is 0.790. The number of ether oxygens (including phenoxy) is 3. The molecule has 0 N–H and O–H groups in total. The first kappa shape index (κ1) is 15.6. The van der Waals surface area contributed by atoms with E-state index in [0.717, 1.165) is 24.4 Å². The summed E-state index contributed by atoms with van der Waals surface area (Å²) in [6, 6.07) is 5.59. The van der Waals surface area contributed by atoms with Crippen molar-refractivity contribution in [3.63, 3.8) is 0 Å². The number of benzene rings is 1. The van der Waals surface area contributed by atoms with Crippen molar-refractivity contribution in [3.8, 4) is 23.0 Å². The van der Waals surface area contributed by atoms with Crippen LogP contribution in [0, 0.1) is 4.84 Å². The van der Waals surface area contributed by atoms with Gasteiger partial charge in [-0.15, -0.1) is 5.10 Å². The van der Waals surface area contributed by atoms with Crippen LogP contribution < -0.4 is 9.47 Å². The minimum Gasteiger partial charge on any atom is -0.454 e. The van der Waals surface area contributed by atoms with E-state index in [0.29, 0.717) is 23.1 Å². The van der Waals surface area contributed by atoms with Crippen molar-refractivity contribution in [1.82, 2.24) is 14.7 Å². The van der Waals surface area contributed by atoms with E-state index in [2.05, 4.69) is 23.8 Å². The van der Waals surface area contributed by atoms with Gasteiger partial charge in [0.05, 0.1) is 18.9 Å². The minimum absolute atomic E-state index is 0.197. The molecule has 24 heavy (non-hydrogen) atoms. The Labute approximate surface area is 144 Å². The van der Waals surface area contributed by atoms with Gasteiger partial charge in [-0.05, 0) is 44.3 Å². The van der Waals surface area contributed by atoms with Gasteiger partial charge in [-0.2, -0.15) is 0 Å². The van der Waals surface area contributed by atoms with E-state index < -0.39 is 0 Å². The smallest absolute Gasteiger partial charge is 0.288 e. The maximum absolute atomic E-state index is 5.75. The number of fused-ring (bicyclic) bond motifs is 1. The molecule has 3 heterocycles. The molecule has 0 radical (unpaired) electrons. The first-order valence-electron chi connectivity index (χ1n) is 7.94. The van der Waals surface area contributed by atoms with Crippen LogP contribution in [0.3, 0.4) is 0 Å². The van der Waals surface area contributed by atoms with Crippen LogP contribution in [0.5, 0.6) is 11.5 Å². The largest absolute Gasteiger partial charge is 0.454 e. The molecule has 1 saturated heterocycles. The molecule has 7 nitrogen and oxygen atoms in total. The molecule has 0 amide bonds. The van der Waals surface area contributed by atoms with E-state index in [1.807, 2.05) is 18.2 Å². The molecule has 0 aliphatic carbocycles. The lowest BCUT2D eigenvalue weighted by atomic mass is 10.2. The molecule has 2 aliphatic rings. The van der Waals surface area contributed by atoms with Gasteiger partial charge < -0.3 is 18.6 Å². The maximum atomic E-state index is 5.75. The van der Waals surface area contributed by atoms with E-state index in [1.165, 1.54) is 0 Å². The average molecular weight is 349 g/mol. The number of morpholine rings is 1. The highest BCUT2D eigenvalue weighted by molar-refractivity contribution is 7.71. The molecular weight excluding hydrogens is 330 g/mol. The molecule has 1 aromatic carbocycles. The first-order chi connectivity index (χ1) is 11.6. The zero-order valence-corrected chi connectivity index (χ0v) is 14.4. The summed E-state index contributed by atoms with van der Waals surface area (Å²) < 4.78 is 23.8. The summed E-state index contributed by atoms with van der Waals surface area (Å²) in [4.78, 5) is 2.62. The molecule has 8 heteroatoms. The monoisotopic (exact) mass is 349 g/mol. The van der Waals surface area contributed by atoms with Crippen molar-refractivity contribution in [1.29, 1.82) is 0 Å². The third-order valence-electron chi connectivity index (χ3n) is 4.05. The van der Waals surface area contributed by atoms with Gasteiger partial charge in [0.15, 0.2) is 11.5 Å². The Balaban J connectivity index is 1.55. The lowest BCUT2D eigenvalue weighted by Crippen LogP contribution is -2.46. The summed E-state index contributed by atoms with van der Waals surface area (Å²) in [5.74, 6) is 1.90. The Morgan fingerprint density at radius 1 is 1.17 bits per heavy atom. The molecule has 128 valence electrons. The van der Waals surface area contributed by atoms with Crippen LogP contribution in [-0.2, 0) is 11.4 Å². The Kier molecular flexibility index (Phi) is 4.03. The molecule has 0 spiro atoms. The second-order valence-corrected chi connectivity index (χ2v) is 6.52. The van der Waals surface area contributed by atoms with Crippen molar-refractivity contribution in [2.75, 3.05) is 19.9 Å². The molecule has 1 fully saturated rings. The normalized spacial score (nSPS) is 23.6. The van der Waals surface area contributed by atoms with Crippen molar-refractivity contribution in [2.45, 2.75) is 32.7 Å². The van der Waals surface area contributed by atoms with Gasteiger partial charge >= 0.3 is 0 Å². The fourth-order valence-corrected chi connectivity index (χ4v) is 3.31. The average Bonchev–Trinajstić information content (AvgIpc) is 3.12. The second-order valence-electron chi connectivity index (χ2n) is 6.18. The highest BCUT2D eigenvalue weighted by Gasteiger charge is 2.23. The predicted molar refractivity (Wildman–Crippen MR) is 88.5 cm³/mol. The van der Waals surface area contributed by atoms with E-state index in [1.54, 1.807) is 4.68 Å². The van der Waals surface area contributed by atoms with Gasteiger partial charge in [0.2, 0.25) is 12.7 Å². The third kappa shape index (κ3) is 3.04. The van der Waals surface area contributed by atoms with Crippen LogP contribution in [-0.4, -0.2) is 46.8 Å². The van der Waals surface area contributed by atoms with Gasteiger partial charge in [-0.25, -0.2) is 4.68 Å². The number of rotatable bonds is 3. The predicted octanol–water partition coefficient (Wildman–Crippen LogP) is 2.67. The van der Waals surface area contributed by atoms with Crippen molar-refractivity contribution < 1.29 is 18.6 Å². The van der Waals surface area contributed by atoms with E-state index in [9.17, 15) is 0 Å². The Hall–Kier alpha value is -1.90. The fraction of sp³-hybridized carbons (Fsp3) is 0.500. The van der Waals surface area contributed by atoms with Crippen LogP contribution in [0.2, 0.25) is 0 Å². The number of aromatic nitrogens is 2. The Bertz CT molecular complexity index is 793. The van der Waals surface area contributed by atoms with Crippen molar-refractivity contribution in [3.05, 3.63) is 23.0 Å². The topological polar surface area (TPSA) is 61.9 Å². The summed E-state index contributed by atoms with van der Waals surface area (Å²) in [7, 11) is 0. The SMILES string of the molecule is CC1CN(Cn2nc(-c3ccc4c(c3)OCO4)oc2=S)CC(C)O1.